The smallest absolute Gasteiger partial charge is 0.292 e. The van der Waals surface area contributed by atoms with Gasteiger partial charge in [0.25, 0.3) is 5.69 Å². The summed E-state index contributed by atoms with van der Waals surface area (Å²) in [6.07, 6.45) is 2.58. The molecule has 18 heavy (non-hydrogen) atoms. The maximum atomic E-state index is 10.8. The second-order valence-corrected chi connectivity index (χ2v) is 3.84. The van der Waals surface area contributed by atoms with Crippen LogP contribution in [0.1, 0.15) is 18.4 Å². The number of anilines is 1. The normalized spacial score (nSPS) is 10.3. The van der Waals surface area contributed by atoms with Crippen LogP contribution in [0.25, 0.3) is 0 Å². The molecule has 0 aliphatic carbocycles. The molecule has 0 aliphatic rings. The zero-order chi connectivity index (χ0) is 13.0. The fraction of sp³-hybridized carbons (Fsp3) is 0.250. The van der Waals surface area contributed by atoms with Crippen LogP contribution >= 0.6 is 0 Å². The number of rotatable bonds is 5. The molecular weight excluding hydrogens is 232 g/mol. The lowest BCUT2D eigenvalue weighted by molar-refractivity contribution is -0.384. The van der Waals surface area contributed by atoms with Crippen molar-refractivity contribution in [3.8, 4) is 0 Å². The molecule has 1 heterocycles. The number of nitrogens with one attached hydrogen (secondary N) is 2. The fourth-order valence-electron chi connectivity index (χ4n) is 1.65. The van der Waals surface area contributed by atoms with Crippen LogP contribution in [0.2, 0.25) is 0 Å². The molecule has 0 spiro atoms. The van der Waals surface area contributed by atoms with Gasteiger partial charge in [0.1, 0.15) is 11.5 Å². The maximum absolute atomic E-state index is 10.8. The molecule has 0 radical (unpaired) electrons. The summed E-state index contributed by atoms with van der Waals surface area (Å²) in [5.74, 6) is 0.911. The number of benzene rings is 1. The van der Waals surface area contributed by atoms with Gasteiger partial charge in [0, 0.05) is 12.5 Å². The second kappa shape index (κ2) is 5.31. The number of nitro benzene ring substituents is 1. The van der Waals surface area contributed by atoms with Crippen LogP contribution in [-0.4, -0.2) is 14.9 Å². The van der Waals surface area contributed by atoms with E-state index in [1.807, 2.05) is 6.92 Å². The average molecular weight is 246 g/mol. The minimum absolute atomic E-state index is 0.0766. The Hall–Kier alpha value is -2.37. The highest BCUT2D eigenvalue weighted by molar-refractivity contribution is 5.61. The molecule has 0 unspecified atom stereocenters. The summed E-state index contributed by atoms with van der Waals surface area (Å²) in [6.45, 7) is 2.50. The number of hydrogen-bond donors (Lipinski definition) is 2. The molecule has 6 heteroatoms. The number of aromatic amines is 1. The first kappa shape index (κ1) is 12.1. The molecule has 1 aromatic carbocycles. The molecule has 2 N–H and O–H groups in total. The minimum Gasteiger partial charge on any atom is -0.374 e. The average Bonchev–Trinajstić information content (AvgIpc) is 2.84. The Morgan fingerprint density at radius 2 is 2.22 bits per heavy atom. The zero-order valence-electron chi connectivity index (χ0n) is 10.0. The number of nitro groups is 1. The van der Waals surface area contributed by atoms with Crippen molar-refractivity contribution in [3.05, 3.63) is 52.1 Å². The van der Waals surface area contributed by atoms with Crippen molar-refractivity contribution >= 4 is 11.4 Å². The van der Waals surface area contributed by atoms with Gasteiger partial charge in [-0.15, -0.1) is 0 Å². The van der Waals surface area contributed by atoms with E-state index >= 15 is 0 Å². The number of nitrogens with zero attached hydrogens (tertiary/aromatic N) is 2. The number of H-pyrrole nitrogens is 1. The van der Waals surface area contributed by atoms with Crippen LogP contribution in [0.4, 0.5) is 11.4 Å². The van der Waals surface area contributed by atoms with Crippen LogP contribution in [0, 0.1) is 10.1 Å². The predicted molar refractivity (Wildman–Crippen MR) is 68.4 cm³/mol. The summed E-state index contributed by atoms with van der Waals surface area (Å²) in [7, 11) is 0. The van der Waals surface area contributed by atoms with E-state index < -0.39 is 4.92 Å². The van der Waals surface area contributed by atoms with Crippen LogP contribution in [0.3, 0.4) is 0 Å². The molecule has 94 valence electrons. The van der Waals surface area contributed by atoms with E-state index in [9.17, 15) is 10.1 Å². The molecule has 0 saturated heterocycles. The van der Waals surface area contributed by atoms with Gasteiger partial charge in [-0.2, -0.15) is 0 Å². The number of para-hydroxylation sites is 2. The Morgan fingerprint density at radius 3 is 2.89 bits per heavy atom. The van der Waals surface area contributed by atoms with E-state index in [4.69, 9.17) is 0 Å². The summed E-state index contributed by atoms with van der Waals surface area (Å²) in [5, 5.41) is 13.9. The minimum atomic E-state index is -0.396. The van der Waals surface area contributed by atoms with E-state index in [-0.39, 0.29) is 5.69 Å². The van der Waals surface area contributed by atoms with Crippen molar-refractivity contribution in [3.63, 3.8) is 0 Å². The van der Waals surface area contributed by atoms with Crippen molar-refractivity contribution in [2.75, 3.05) is 5.32 Å². The number of aromatic nitrogens is 2. The summed E-state index contributed by atoms with van der Waals surface area (Å²) >= 11 is 0. The summed E-state index contributed by atoms with van der Waals surface area (Å²) in [6, 6.07) is 6.58. The Morgan fingerprint density at radius 1 is 1.44 bits per heavy atom. The van der Waals surface area contributed by atoms with E-state index in [0.717, 1.165) is 17.9 Å². The first-order chi connectivity index (χ1) is 8.70. The first-order valence-electron chi connectivity index (χ1n) is 5.70. The van der Waals surface area contributed by atoms with Gasteiger partial charge in [-0.3, -0.25) is 10.1 Å². The lowest BCUT2D eigenvalue weighted by Gasteiger charge is -2.05. The van der Waals surface area contributed by atoms with Gasteiger partial charge < -0.3 is 10.3 Å². The second-order valence-electron chi connectivity index (χ2n) is 3.84. The molecule has 2 rings (SSSR count). The van der Waals surface area contributed by atoms with E-state index in [1.54, 1.807) is 24.4 Å². The molecule has 0 fully saturated rings. The lowest BCUT2D eigenvalue weighted by Crippen LogP contribution is -2.02. The van der Waals surface area contributed by atoms with Gasteiger partial charge in [-0.25, -0.2) is 4.98 Å². The number of hydrogen-bond acceptors (Lipinski definition) is 4. The monoisotopic (exact) mass is 246 g/mol. The molecule has 0 saturated carbocycles. The van der Waals surface area contributed by atoms with Crippen LogP contribution in [0.5, 0.6) is 0 Å². The van der Waals surface area contributed by atoms with Gasteiger partial charge in [0.2, 0.25) is 0 Å². The highest BCUT2D eigenvalue weighted by Gasteiger charge is 2.11. The Bertz CT molecular complexity index is 551. The lowest BCUT2D eigenvalue weighted by atomic mass is 10.2. The Balaban J connectivity index is 2.08. The third-order valence-corrected chi connectivity index (χ3v) is 2.59. The van der Waals surface area contributed by atoms with Gasteiger partial charge in [-0.05, 0) is 6.07 Å². The van der Waals surface area contributed by atoms with Crippen molar-refractivity contribution in [2.24, 2.45) is 0 Å². The maximum Gasteiger partial charge on any atom is 0.292 e. The SMILES string of the molecule is CCc1ncc(CNc2ccccc2[N+](=O)[O-])[nH]1. The molecule has 1 aromatic heterocycles. The van der Waals surface area contributed by atoms with E-state index in [1.165, 1.54) is 6.07 Å². The third-order valence-electron chi connectivity index (χ3n) is 2.59. The van der Waals surface area contributed by atoms with Crippen LogP contribution in [-0.2, 0) is 13.0 Å². The predicted octanol–water partition coefficient (Wildman–Crippen LogP) is 2.49. The van der Waals surface area contributed by atoms with Crippen LogP contribution in [0.15, 0.2) is 30.5 Å². The third kappa shape index (κ3) is 2.65. The van der Waals surface area contributed by atoms with Crippen molar-refractivity contribution in [2.45, 2.75) is 19.9 Å². The van der Waals surface area contributed by atoms with Gasteiger partial charge in [0.05, 0.1) is 23.4 Å². The number of aryl methyl sites for hydroxylation is 1. The van der Waals surface area contributed by atoms with Crippen molar-refractivity contribution in [1.82, 2.24) is 9.97 Å². The fourth-order valence-corrected chi connectivity index (χ4v) is 1.65. The van der Waals surface area contributed by atoms with E-state index in [2.05, 4.69) is 15.3 Å². The summed E-state index contributed by atoms with van der Waals surface area (Å²) in [5.41, 5.74) is 1.49. The highest BCUT2D eigenvalue weighted by atomic mass is 16.6. The first-order valence-corrected chi connectivity index (χ1v) is 5.70. The van der Waals surface area contributed by atoms with Gasteiger partial charge in [-0.1, -0.05) is 19.1 Å². The Kier molecular flexibility index (Phi) is 3.57. The van der Waals surface area contributed by atoms with Gasteiger partial charge in [0.15, 0.2) is 0 Å². The molecule has 0 amide bonds. The zero-order valence-corrected chi connectivity index (χ0v) is 10.0. The highest BCUT2D eigenvalue weighted by Crippen LogP contribution is 2.23. The van der Waals surface area contributed by atoms with E-state index in [0.29, 0.717) is 12.2 Å². The van der Waals surface area contributed by atoms with Crippen molar-refractivity contribution in [1.29, 1.82) is 0 Å². The molecule has 6 nitrogen and oxygen atoms in total. The summed E-state index contributed by atoms with van der Waals surface area (Å²) < 4.78 is 0. The molecular formula is C12H14N4O2. The largest absolute Gasteiger partial charge is 0.374 e. The quantitative estimate of drug-likeness (QED) is 0.627. The van der Waals surface area contributed by atoms with Gasteiger partial charge >= 0.3 is 0 Å². The molecule has 2 aromatic rings. The Labute approximate surface area is 104 Å². The number of imidazole rings is 1. The molecule has 0 bridgehead atoms. The molecule has 0 aliphatic heterocycles. The standard InChI is InChI=1S/C12H14N4O2/c1-2-12-14-8-9(15-12)7-13-10-5-3-4-6-11(10)16(17)18/h3-6,8,13H,2,7H2,1H3,(H,14,15). The molecule has 0 atom stereocenters. The topological polar surface area (TPSA) is 83.8 Å². The van der Waals surface area contributed by atoms with Crippen LogP contribution < -0.4 is 5.32 Å². The van der Waals surface area contributed by atoms with Crippen molar-refractivity contribution < 1.29 is 4.92 Å². The summed E-state index contributed by atoms with van der Waals surface area (Å²) in [4.78, 5) is 17.7.